The van der Waals surface area contributed by atoms with Crippen LogP contribution in [0.25, 0.3) is 11.3 Å². The van der Waals surface area contributed by atoms with Crippen LogP contribution < -0.4 is 10.6 Å². The number of anilines is 1. The molecule has 1 heterocycles. The van der Waals surface area contributed by atoms with Crippen LogP contribution in [0.4, 0.5) is 5.95 Å². The second-order valence-corrected chi connectivity index (χ2v) is 7.87. The average Bonchev–Trinajstić information content (AvgIpc) is 2.73. The normalized spacial score (nSPS) is 11.9. The van der Waals surface area contributed by atoms with Crippen molar-refractivity contribution in [2.75, 3.05) is 11.9 Å². The van der Waals surface area contributed by atoms with Crippen molar-refractivity contribution in [3.8, 4) is 11.3 Å². The second-order valence-electron chi connectivity index (χ2n) is 7.03. The van der Waals surface area contributed by atoms with Gasteiger partial charge in [0.25, 0.3) is 5.91 Å². The summed E-state index contributed by atoms with van der Waals surface area (Å²) in [5.74, 6) is 0.176. The number of carbonyl (C=O) groups is 1. The first kappa shape index (κ1) is 22.0. The molecule has 8 heteroatoms. The lowest BCUT2D eigenvalue weighted by Gasteiger charge is -2.17. The zero-order valence-electron chi connectivity index (χ0n) is 16.6. The molecule has 3 aromatic rings. The standard InChI is InChI=1S/C22H22Cl2N4O2/c1-13(2)26-22-25-11-18(24)20(28-22)14-6-8-15(9-7-14)21(30)27-19(12-29)16-4-3-5-17(23)10-16/h3-11,13,19,29H,12H2,1-2H3,(H,27,30)(H,25,26,28)/t19-/m1/s1. The fourth-order valence-corrected chi connectivity index (χ4v) is 3.27. The number of halogens is 2. The third kappa shape index (κ3) is 5.48. The third-order valence-corrected chi connectivity index (χ3v) is 4.83. The van der Waals surface area contributed by atoms with Gasteiger partial charge >= 0.3 is 0 Å². The minimum absolute atomic E-state index is 0.184. The van der Waals surface area contributed by atoms with Crippen LogP contribution in [0, 0.1) is 0 Å². The minimum Gasteiger partial charge on any atom is -0.394 e. The number of aliphatic hydroxyl groups excluding tert-OH is 1. The molecular weight excluding hydrogens is 423 g/mol. The summed E-state index contributed by atoms with van der Waals surface area (Å²) in [5, 5.41) is 16.6. The molecule has 0 saturated heterocycles. The molecule has 0 bridgehead atoms. The Morgan fingerprint density at radius 1 is 1.13 bits per heavy atom. The molecule has 3 rings (SSSR count). The zero-order valence-corrected chi connectivity index (χ0v) is 18.1. The van der Waals surface area contributed by atoms with Crippen LogP contribution in [-0.4, -0.2) is 33.6 Å². The summed E-state index contributed by atoms with van der Waals surface area (Å²) in [4.78, 5) is 21.3. The predicted octanol–water partition coefficient (Wildman–Crippen LogP) is 4.73. The largest absolute Gasteiger partial charge is 0.394 e. The molecule has 30 heavy (non-hydrogen) atoms. The van der Waals surface area contributed by atoms with Gasteiger partial charge in [-0.25, -0.2) is 9.97 Å². The van der Waals surface area contributed by atoms with Gasteiger partial charge < -0.3 is 15.7 Å². The van der Waals surface area contributed by atoms with Crippen LogP contribution in [0.15, 0.2) is 54.7 Å². The molecule has 0 fully saturated rings. The Hall–Kier alpha value is -2.67. The minimum atomic E-state index is -0.558. The molecule has 156 valence electrons. The van der Waals surface area contributed by atoms with Crippen LogP contribution in [0.2, 0.25) is 10.0 Å². The average molecular weight is 445 g/mol. The summed E-state index contributed by atoms with van der Waals surface area (Å²) < 4.78 is 0. The maximum absolute atomic E-state index is 12.6. The van der Waals surface area contributed by atoms with Gasteiger partial charge in [0.1, 0.15) is 0 Å². The highest BCUT2D eigenvalue weighted by Crippen LogP contribution is 2.27. The Kier molecular flexibility index (Phi) is 7.26. The van der Waals surface area contributed by atoms with Crippen molar-refractivity contribution >= 4 is 35.1 Å². The second kappa shape index (κ2) is 9.89. The van der Waals surface area contributed by atoms with E-state index in [1.54, 1.807) is 54.7 Å². The number of nitrogens with zero attached hydrogens (tertiary/aromatic N) is 2. The molecule has 1 amide bonds. The molecule has 3 N–H and O–H groups in total. The van der Waals surface area contributed by atoms with E-state index >= 15 is 0 Å². The van der Waals surface area contributed by atoms with Crippen molar-refractivity contribution in [1.82, 2.24) is 15.3 Å². The molecule has 2 aromatic carbocycles. The molecule has 0 saturated carbocycles. The topological polar surface area (TPSA) is 87.1 Å². The molecule has 6 nitrogen and oxygen atoms in total. The van der Waals surface area contributed by atoms with E-state index in [9.17, 15) is 9.90 Å². The Morgan fingerprint density at radius 3 is 2.50 bits per heavy atom. The number of hydrogen-bond acceptors (Lipinski definition) is 5. The summed E-state index contributed by atoms with van der Waals surface area (Å²) in [7, 11) is 0. The highest BCUT2D eigenvalue weighted by Gasteiger charge is 2.16. The highest BCUT2D eigenvalue weighted by molar-refractivity contribution is 6.33. The molecule has 0 aliphatic rings. The van der Waals surface area contributed by atoms with Crippen LogP contribution in [0.1, 0.15) is 35.8 Å². The number of aromatic nitrogens is 2. The lowest BCUT2D eigenvalue weighted by Crippen LogP contribution is -2.30. The van der Waals surface area contributed by atoms with Crippen molar-refractivity contribution in [2.45, 2.75) is 25.9 Å². The zero-order chi connectivity index (χ0) is 21.7. The SMILES string of the molecule is CC(C)Nc1ncc(Cl)c(-c2ccc(C(=O)N[C@H](CO)c3cccc(Cl)c3)cc2)n1. The number of hydrogen-bond donors (Lipinski definition) is 3. The molecule has 1 aromatic heterocycles. The van der Waals surface area contributed by atoms with Crippen molar-refractivity contribution in [3.05, 3.63) is 75.9 Å². The van der Waals surface area contributed by atoms with Gasteiger partial charge in [0.05, 0.1) is 29.6 Å². The molecule has 0 aliphatic heterocycles. The molecule has 0 aliphatic carbocycles. The summed E-state index contributed by atoms with van der Waals surface area (Å²) >= 11 is 12.3. The van der Waals surface area contributed by atoms with E-state index in [2.05, 4.69) is 20.6 Å². The van der Waals surface area contributed by atoms with Gasteiger partial charge in [-0.15, -0.1) is 0 Å². The first-order valence-corrected chi connectivity index (χ1v) is 10.2. The van der Waals surface area contributed by atoms with Crippen LogP contribution in [0.5, 0.6) is 0 Å². The van der Waals surface area contributed by atoms with Gasteiger partial charge in [-0.1, -0.05) is 47.5 Å². The van der Waals surface area contributed by atoms with Crippen molar-refractivity contribution in [2.24, 2.45) is 0 Å². The van der Waals surface area contributed by atoms with Crippen LogP contribution >= 0.6 is 23.2 Å². The summed E-state index contributed by atoms with van der Waals surface area (Å²) in [6, 6.07) is 13.6. The van der Waals surface area contributed by atoms with E-state index < -0.39 is 6.04 Å². The summed E-state index contributed by atoms with van der Waals surface area (Å²) in [5.41, 5.74) is 2.52. The van der Waals surface area contributed by atoms with E-state index in [1.165, 1.54) is 0 Å². The van der Waals surface area contributed by atoms with Crippen LogP contribution in [0.3, 0.4) is 0 Å². The molecule has 1 atom stereocenters. The van der Waals surface area contributed by atoms with Crippen LogP contribution in [-0.2, 0) is 0 Å². The maximum atomic E-state index is 12.6. The van der Waals surface area contributed by atoms with E-state index in [0.717, 1.165) is 11.1 Å². The fourth-order valence-electron chi connectivity index (χ4n) is 2.88. The number of nitrogens with one attached hydrogen (secondary N) is 2. The number of rotatable bonds is 7. The number of amides is 1. The Labute approximate surface area is 185 Å². The van der Waals surface area contributed by atoms with Gasteiger partial charge in [0.2, 0.25) is 5.95 Å². The van der Waals surface area contributed by atoms with Crippen molar-refractivity contribution in [3.63, 3.8) is 0 Å². The lowest BCUT2D eigenvalue weighted by molar-refractivity contribution is 0.0916. The molecular formula is C22H22Cl2N4O2. The van der Waals surface area contributed by atoms with E-state index in [4.69, 9.17) is 23.2 Å². The maximum Gasteiger partial charge on any atom is 0.251 e. The van der Waals surface area contributed by atoms with E-state index in [0.29, 0.717) is 27.3 Å². The van der Waals surface area contributed by atoms with Gasteiger partial charge in [0.15, 0.2) is 0 Å². The summed E-state index contributed by atoms with van der Waals surface area (Å²) in [6.07, 6.45) is 1.55. The van der Waals surface area contributed by atoms with Gasteiger partial charge in [0, 0.05) is 22.2 Å². The quantitative estimate of drug-likeness (QED) is 0.489. The smallest absolute Gasteiger partial charge is 0.251 e. The van der Waals surface area contributed by atoms with Crippen molar-refractivity contribution in [1.29, 1.82) is 0 Å². The first-order valence-electron chi connectivity index (χ1n) is 9.44. The lowest BCUT2D eigenvalue weighted by atomic mass is 10.1. The van der Waals surface area contributed by atoms with E-state index in [-0.39, 0.29) is 18.6 Å². The number of benzene rings is 2. The fraction of sp³-hybridized carbons (Fsp3) is 0.227. The van der Waals surface area contributed by atoms with Gasteiger partial charge in [-0.2, -0.15) is 0 Å². The number of aliphatic hydroxyl groups is 1. The molecule has 0 spiro atoms. The Bertz CT molecular complexity index is 1030. The Morgan fingerprint density at radius 2 is 1.87 bits per heavy atom. The third-order valence-electron chi connectivity index (χ3n) is 4.32. The van der Waals surface area contributed by atoms with Gasteiger partial charge in [-0.3, -0.25) is 4.79 Å². The number of carbonyl (C=O) groups excluding carboxylic acids is 1. The molecule has 0 radical (unpaired) electrons. The van der Waals surface area contributed by atoms with Crippen molar-refractivity contribution < 1.29 is 9.90 Å². The van der Waals surface area contributed by atoms with E-state index in [1.807, 2.05) is 13.8 Å². The summed E-state index contributed by atoms with van der Waals surface area (Å²) in [6.45, 7) is 3.74. The van der Waals surface area contributed by atoms with Gasteiger partial charge in [-0.05, 0) is 43.7 Å². The first-order chi connectivity index (χ1) is 14.4. The Balaban J connectivity index is 1.77. The molecule has 0 unspecified atom stereocenters. The monoisotopic (exact) mass is 444 g/mol. The predicted molar refractivity (Wildman–Crippen MR) is 120 cm³/mol. The highest BCUT2D eigenvalue weighted by atomic mass is 35.5.